The van der Waals surface area contributed by atoms with Crippen LogP contribution < -0.4 is 10.2 Å². The fraction of sp³-hybridized carbons (Fsp3) is 0.304. The molecule has 1 fully saturated rings. The van der Waals surface area contributed by atoms with E-state index in [1.54, 1.807) is 12.3 Å². The highest BCUT2D eigenvalue weighted by Gasteiger charge is 2.28. The molecule has 0 radical (unpaired) electrons. The van der Waals surface area contributed by atoms with Crippen molar-refractivity contribution in [2.24, 2.45) is 0 Å². The molecule has 5 rings (SSSR count). The number of hydrogen-bond acceptors (Lipinski definition) is 7. The number of carbonyl (C=O) groups is 1. The van der Waals surface area contributed by atoms with Gasteiger partial charge < -0.3 is 14.6 Å². The second-order valence-corrected chi connectivity index (χ2v) is 9.36. The lowest BCUT2D eigenvalue weighted by atomic mass is 10.1. The Kier molecular flexibility index (Phi) is 5.15. The van der Waals surface area contributed by atoms with Crippen LogP contribution in [0.4, 0.5) is 10.9 Å². The molecule has 9 heteroatoms. The zero-order chi connectivity index (χ0) is 22.3. The summed E-state index contributed by atoms with van der Waals surface area (Å²) in [5.41, 5.74) is 3.69. The second-order valence-electron chi connectivity index (χ2n) is 8.47. The number of pyridine rings is 1. The van der Waals surface area contributed by atoms with Crippen molar-refractivity contribution in [1.29, 1.82) is 0 Å². The number of thiazole rings is 1. The number of H-pyrrole nitrogens is 1. The molecule has 4 heterocycles. The Morgan fingerprint density at radius 2 is 2.19 bits per heavy atom. The minimum absolute atomic E-state index is 0.194. The number of aromatic amines is 1. The van der Waals surface area contributed by atoms with Gasteiger partial charge in [0.05, 0.1) is 23.3 Å². The summed E-state index contributed by atoms with van der Waals surface area (Å²) >= 11 is 1.38. The van der Waals surface area contributed by atoms with Gasteiger partial charge in [-0.25, -0.2) is 15.0 Å². The quantitative estimate of drug-likeness (QED) is 0.484. The maximum atomic E-state index is 12.8. The van der Waals surface area contributed by atoms with Gasteiger partial charge in [0.15, 0.2) is 5.13 Å². The van der Waals surface area contributed by atoms with Gasteiger partial charge in [0.2, 0.25) is 0 Å². The molecular weight excluding hydrogens is 424 g/mol. The number of rotatable bonds is 4. The van der Waals surface area contributed by atoms with Crippen LogP contribution >= 0.6 is 11.3 Å². The highest BCUT2D eigenvalue weighted by molar-refractivity contribution is 7.13. The summed E-state index contributed by atoms with van der Waals surface area (Å²) in [5, 5.41) is 5.21. The van der Waals surface area contributed by atoms with Crippen molar-refractivity contribution in [1.82, 2.24) is 19.9 Å². The molecule has 4 aromatic rings. The van der Waals surface area contributed by atoms with Gasteiger partial charge in [-0.3, -0.25) is 10.1 Å². The summed E-state index contributed by atoms with van der Waals surface area (Å²) in [5.74, 6) is 1.39. The highest BCUT2D eigenvalue weighted by atomic mass is 32.1. The lowest BCUT2D eigenvalue weighted by Crippen LogP contribution is -2.48. The Morgan fingerprint density at radius 1 is 1.31 bits per heavy atom. The Bertz CT molecular complexity index is 1280. The standard InChI is InChI=1S/C23H24N6O2S/c1-14-11-18(29-8-9-31-23(2,3)13-29)25-12-16(14)20-26-17-6-4-5-15(19(17)27-20)21(30)28-22-24-7-10-32-22/h4-7,10-12H,8-9,13H2,1-3H3,(H,26,27)(H,24,28,30). The van der Waals surface area contributed by atoms with E-state index in [4.69, 9.17) is 14.7 Å². The predicted molar refractivity (Wildman–Crippen MR) is 126 cm³/mol. The van der Waals surface area contributed by atoms with Gasteiger partial charge in [-0.1, -0.05) is 6.07 Å². The molecule has 1 aliphatic rings. The van der Waals surface area contributed by atoms with E-state index in [2.05, 4.69) is 47.0 Å². The predicted octanol–water partition coefficient (Wildman–Crippen LogP) is 4.26. The molecule has 164 valence electrons. The number of morpholine rings is 1. The number of amides is 1. The molecule has 1 saturated heterocycles. The average molecular weight is 449 g/mol. The summed E-state index contributed by atoms with van der Waals surface area (Å²) in [6, 6.07) is 7.61. The molecule has 1 aliphatic heterocycles. The van der Waals surface area contributed by atoms with Crippen LogP contribution in [0.25, 0.3) is 22.4 Å². The van der Waals surface area contributed by atoms with Crippen LogP contribution in [0.5, 0.6) is 0 Å². The molecular formula is C23H24N6O2S. The average Bonchev–Trinajstić information content (AvgIpc) is 3.42. The van der Waals surface area contributed by atoms with Crippen molar-refractivity contribution < 1.29 is 9.53 Å². The van der Waals surface area contributed by atoms with Crippen molar-refractivity contribution in [3.05, 3.63) is 53.2 Å². The molecule has 0 spiro atoms. The number of hydrogen-bond donors (Lipinski definition) is 2. The summed E-state index contributed by atoms with van der Waals surface area (Å²) in [6.45, 7) is 8.53. The molecule has 2 N–H and O–H groups in total. The summed E-state index contributed by atoms with van der Waals surface area (Å²) in [7, 11) is 0. The van der Waals surface area contributed by atoms with Crippen molar-refractivity contribution in [2.75, 3.05) is 29.9 Å². The molecule has 8 nitrogen and oxygen atoms in total. The van der Waals surface area contributed by atoms with Crippen LogP contribution in [0.15, 0.2) is 42.0 Å². The first-order valence-corrected chi connectivity index (χ1v) is 11.3. The van der Waals surface area contributed by atoms with Crippen LogP contribution in [-0.4, -0.2) is 51.1 Å². The minimum Gasteiger partial charge on any atom is -0.372 e. The number of ether oxygens (including phenoxy) is 1. The van der Waals surface area contributed by atoms with Crippen LogP contribution in [-0.2, 0) is 4.74 Å². The van der Waals surface area contributed by atoms with Gasteiger partial charge in [0, 0.05) is 36.4 Å². The second kappa shape index (κ2) is 7.99. The molecule has 0 saturated carbocycles. The zero-order valence-corrected chi connectivity index (χ0v) is 19.0. The van der Waals surface area contributed by atoms with Gasteiger partial charge in [-0.15, -0.1) is 11.3 Å². The van der Waals surface area contributed by atoms with E-state index in [0.717, 1.165) is 35.6 Å². The molecule has 1 aromatic carbocycles. The van der Waals surface area contributed by atoms with Crippen LogP contribution in [0.2, 0.25) is 0 Å². The topological polar surface area (TPSA) is 96.0 Å². The van der Waals surface area contributed by atoms with Gasteiger partial charge >= 0.3 is 0 Å². The molecule has 1 amide bonds. The number of nitrogens with zero attached hydrogens (tertiary/aromatic N) is 4. The normalized spacial score (nSPS) is 15.8. The number of imidazole rings is 1. The van der Waals surface area contributed by atoms with Crippen LogP contribution in [0, 0.1) is 6.92 Å². The number of carbonyl (C=O) groups excluding carboxylic acids is 1. The molecule has 32 heavy (non-hydrogen) atoms. The minimum atomic E-state index is -0.233. The third-order valence-electron chi connectivity index (χ3n) is 5.51. The summed E-state index contributed by atoms with van der Waals surface area (Å²) < 4.78 is 5.82. The molecule has 0 unspecified atom stereocenters. The smallest absolute Gasteiger partial charge is 0.259 e. The molecule has 0 atom stereocenters. The van der Waals surface area contributed by atoms with E-state index < -0.39 is 0 Å². The maximum Gasteiger partial charge on any atom is 0.259 e. The fourth-order valence-electron chi connectivity index (χ4n) is 3.97. The van der Waals surface area contributed by atoms with Crippen LogP contribution in [0.1, 0.15) is 29.8 Å². The van der Waals surface area contributed by atoms with Gasteiger partial charge in [0.1, 0.15) is 17.2 Å². The lowest BCUT2D eigenvalue weighted by molar-refractivity contribution is -0.0279. The highest BCUT2D eigenvalue weighted by Crippen LogP contribution is 2.29. The number of nitrogens with one attached hydrogen (secondary N) is 2. The molecule has 3 aromatic heterocycles. The number of aromatic nitrogens is 4. The summed E-state index contributed by atoms with van der Waals surface area (Å²) in [6.07, 6.45) is 3.50. The molecule has 0 bridgehead atoms. The van der Waals surface area contributed by atoms with E-state index >= 15 is 0 Å². The Morgan fingerprint density at radius 3 is 2.94 bits per heavy atom. The SMILES string of the molecule is Cc1cc(N2CCOC(C)(C)C2)ncc1-c1nc2c(C(=O)Nc3nccs3)cccc2[nH]1. The maximum absolute atomic E-state index is 12.8. The Labute approximate surface area is 189 Å². The van der Waals surface area contributed by atoms with Gasteiger partial charge in [-0.05, 0) is 44.5 Å². The van der Waals surface area contributed by atoms with Gasteiger partial charge in [0.25, 0.3) is 5.91 Å². The summed E-state index contributed by atoms with van der Waals surface area (Å²) in [4.78, 5) is 32.0. The zero-order valence-electron chi connectivity index (χ0n) is 18.2. The first-order chi connectivity index (χ1) is 15.4. The number of anilines is 2. The van der Waals surface area contributed by atoms with E-state index in [9.17, 15) is 4.79 Å². The van der Waals surface area contributed by atoms with Crippen molar-refractivity contribution in [3.63, 3.8) is 0 Å². The van der Waals surface area contributed by atoms with E-state index in [0.29, 0.717) is 28.6 Å². The van der Waals surface area contributed by atoms with Crippen LogP contribution in [0.3, 0.4) is 0 Å². The first kappa shape index (κ1) is 20.6. The van der Waals surface area contributed by atoms with E-state index in [-0.39, 0.29) is 11.5 Å². The molecule has 0 aliphatic carbocycles. The van der Waals surface area contributed by atoms with Gasteiger partial charge in [-0.2, -0.15) is 0 Å². The fourth-order valence-corrected chi connectivity index (χ4v) is 4.49. The Hall–Kier alpha value is -3.30. The van der Waals surface area contributed by atoms with Crippen molar-refractivity contribution >= 4 is 39.2 Å². The lowest BCUT2D eigenvalue weighted by Gasteiger charge is -2.38. The van der Waals surface area contributed by atoms with E-state index in [1.807, 2.05) is 23.7 Å². The Balaban J connectivity index is 1.45. The third kappa shape index (κ3) is 3.96. The largest absolute Gasteiger partial charge is 0.372 e. The van der Waals surface area contributed by atoms with Crippen molar-refractivity contribution in [2.45, 2.75) is 26.4 Å². The number of fused-ring (bicyclic) bond motifs is 1. The number of benzene rings is 1. The monoisotopic (exact) mass is 448 g/mol. The number of aryl methyl sites for hydroxylation is 1. The number of para-hydroxylation sites is 1. The van der Waals surface area contributed by atoms with E-state index in [1.165, 1.54) is 11.3 Å². The van der Waals surface area contributed by atoms with Crippen molar-refractivity contribution in [3.8, 4) is 11.4 Å². The third-order valence-corrected chi connectivity index (χ3v) is 6.20. The first-order valence-electron chi connectivity index (χ1n) is 10.5.